The highest BCUT2D eigenvalue weighted by Crippen LogP contribution is 2.28. The van der Waals surface area contributed by atoms with Crippen molar-refractivity contribution in [2.75, 3.05) is 18.9 Å². The lowest BCUT2D eigenvalue weighted by molar-refractivity contribution is 0.398. The summed E-state index contributed by atoms with van der Waals surface area (Å²) >= 11 is 3.25. The molecule has 0 saturated carbocycles. The number of pyridine rings is 1. The number of sulfonamides is 1. The first kappa shape index (κ1) is 15.6. The minimum absolute atomic E-state index is 0.0372. The zero-order valence-electron chi connectivity index (χ0n) is 11.3. The van der Waals surface area contributed by atoms with Crippen LogP contribution in [0.15, 0.2) is 45.9 Å². The second-order valence-corrected chi connectivity index (χ2v) is 6.56. The summed E-state index contributed by atoms with van der Waals surface area (Å²) < 4.78 is 37.9. The van der Waals surface area contributed by atoms with Crippen LogP contribution < -0.4 is 14.2 Å². The van der Waals surface area contributed by atoms with E-state index in [2.05, 4.69) is 25.6 Å². The average Bonchev–Trinajstić information content (AvgIpc) is 2.47. The van der Waals surface area contributed by atoms with Crippen molar-refractivity contribution in [2.45, 2.75) is 4.90 Å². The molecule has 0 saturated heterocycles. The van der Waals surface area contributed by atoms with Crippen molar-refractivity contribution < 1.29 is 17.9 Å². The van der Waals surface area contributed by atoms with Crippen molar-refractivity contribution in [3.63, 3.8) is 0 Å². The Bertz CT molecular complexity index is 732. The van der Waals surface area contributed by atoms with Gasteiger partial charge in [0.2, 0.25) is 5.88 Å². The van der Waals surface area contributed by atoms with Crippen LogP contribution in [-0.4, -0.2) is 27.6 Å². The fourth-order valence-corrected chi connectivity index (χ4v) is 3.38. The van der Waals surface area contributed by atoms with Crippen molar-refractivity contribution in [1.82, 2.24) is 4.98 Å². The minimum atomic E-state index is -3.78. The van der Waals surface area contributed by atoms with Crippen LogP contribution in [-0.2, 0) is 10.0 Å². The quantitative estimate of drug-likeness (QED) is 0.872. The van der Waals surface area contributed by atoms with Crippen molar-refractivity contribution in [2.24, 2.45) is 0 Å². The van der Waals surface area contributed by atoms with E-state index in [1.807, 2.05) is 0 Å². The van der Waals surface area contributed by atoms with E-state index < -0.39 is 10.0 Å². The molecule has 21 heavy (non-hydrogen) atoms. The summed E-state index contributed by atoms with van der Waals surface area (Å²) in [5.41, 5.74) is 0.331. The summed E-state index contributed by atoms with van der Waals surface area (Å²) in [5, 5.41) is 0. The number of aromatic nitrogens is 1. The Morgan fingerprint density at radius 2 is 1.90 bits per heavy atom. The van der Waals surface area contributed by atoms with Crippen molar-refractivity contribution in [3.8, 4) is 11.6 Å². The fraction of sp³-hybridized carbons (Fsp3) is 0.154. The lowest BCUT2D eigenvalue weighted by Crippen LogP contribution is -2.14. The maximum absolute atomic E-state index is 12.4. The maximum Gasteiger partial charge on any atom is 0.265 e. The molecule has 0 spiro atoms. The minimum Gasteiger partial charge on any atom is -0.495 e. The van der Waals surface area contributed by atoms with E-state index in [0.29, 0.717) is 16.0 Å². The van der Waals surface area contributed by atoms with Crippen LogP contribution in [0.2, 0.25) is 0 Å². The van der Waals surface area contributed by atoms with E-state index in [1.165, 1.54) is 26.5 Å². The molecule has 0 unspecified atom stereocenters. The van der Waals surface area contributed by atoms with E-state index >= 15 is 0 Å². The number of halogens is 1. The molecule has 1 N–H and O–H groups in total. The summed E-state index contributed by atoms with van der Waals surface area (Å²) in [4.78, 5) is 3.98. The summed E-state index contributed by atoms with van der Waals surface area (Å²) in [6.07, 6.45) is 1.38. The molecule has 2 aromatic rings. The Morgan fingerprint density at radius 1 is 1.14 bits per heavy atom. The molecular formula is C13H13BrN2O4S. The largest absolute Gasteiger partial charge is 0.495 e. The zero-order valence-corrected chi connectivity index (χ0v) is 13.7. The first-order chi connectivity index (χ1) is 9.96. The molecular weight excluding hydrogens is 360 g/mol. The predicted octanol–water partition coefficient (Wildman–Crippen LogP) is 2.66. The summed E-state index contributed by atoms with van der Waals surface area (Å²) in [5.74, 6) is 0.658. The van der Waals surface area contributed by atoms with Gasteiger partial charge < -0.3 is 9.47 Å². The normalized spacial score (nSPS) is 11.0. The molecule has 8 heteroatoms. The molecule has 2 rings (SSSR count). The molecule has 0 atom stereocenters. The Kier molecular flexibility index (Phi) is 4.69. The van der Waals surface area contributed by atoms with E-state index in [1.54, 1.807) is 24.3 Å². The Labute approximate surface area is 131 Å². The molecule has 0 radical (unpaired) electrons. The molecule has 6 nitrogen and oxygen atoms in total. The molecule has 0 fully saturated rings. The van der Waals surface area contributed by atoms with Gasteiger partial charge in [-0.05, 0) is 24.3 Å². The average molecular weight is 373 g/mol. The smallest absolute Gasteiger partial charge is 0.265 e. The number of benzene rings is 1. The number of hydrogen-bond acceptors (Lipinski definition) is 5. The summed E-state index contributed by atoms with van der Waals surface area (Å²) in [6, 6.07) is 7.87. The number of ether oxygens (including phenoxy) is 2. The molecule has 0 bridgehead atoms. The van der Waals surface area contributed by atoms with Gasteiger partial charge in [0.1, 0.15) is 10.6 Å². The number of nitrogens with one attached hydrogen (secondary N) is 1. The molecule has 0 aliphatic heterocycles. The van der Waals surface area contributed by atoms with Crippen LogP contribution in [0.3, 0.4) is 0 Å². The van der Waals surface area contributed by atoms with Crippen LogP contribution in [0.5, 0.6) is 11.6 Å². The highest BCUT2D eigenvalue weighted by molar-refractivity contribution is 9.10. The van der Waals surface area contributed by atoms with Gasteiger partial charge in [-0.1, -0.05) is 15.9 Å². The zero-order chi connectivity index (χ0) is 15.5. The number of nitrogens with zero attached hydrogens (tertiary/aromatic N) is 1. The van der Waals surface area contributed by atoms with Gasteiger partial charge in [0.25, 0.3) is 10.0 Å². The lowest BCUT2D eigenvalue weighted by Gasteiger charge is -2.12. The van der Waals surface area contributed by atoms with Crippen LogP contribution in [0.4, 0.5) is 5.69 Å². The second-order valence-electron chi connectivity index (χ2n) is 3.99. The summed E-state index contributed by atoms with van der Waals surface area (Å²) in [6.45, 7) is 0. The third-order valence-corrected chi connectivity index (χ3v) is 4.51. The van der Waals surface area contributed by atoms with E-state index in [-0.39, 0.29) is 10.6 Å². The lowest BCUT2D eigenvalue weighted by atomic mass is 10.3. The van der Waals surface area contributed by atoms with E-state index in [4.69, 9.17) is 9.47 Å². The van der Waals surface area contributed by atoms with Gasteiger partial charge in [-0.25, -0.2) is 13.4 Å². The number of hydrogen-bond donors (Lipinski definition) is 1. The SMILES string of the molecule is COc1ccc(NS(=O)(=O)c2cc(Br)ccc2OC)cn1. The third-order valence-electron chi connectivity index (χ3n) is 2.61. The van der Waals surface area contributed by atoms with Gasteiger partial charge in [0, 0.05) is 10.5 Å². The molecule has 0 aliphatic rings. The third kappa shape index (κ3) is 3.64. The van der Waals surface area contributed by atoms with Crippen molar-refractivity contribution in [3.05, 3.63) is 41.0 Å². The van der Waals surface area contributed by atoms with Crippen LogP contribution >= 0.6 is 15.9 Å². The monoisotopic (exact) mass is 372 g/mol. The van der Waals surface area contributed by atoms with Gasteiger partial charge in [-0.3, -0.25) is 4.72 Å². The van der Waals surface area contributed by atoms with Crippen LogP contribution in [0.1, 0.15) is 0 Å². The highest BCUT2D eigenvalue weighted by Gasteiger charge is 2.20. The molecule has 0 amide bonds. The molecule has 112 valence electrons. The van der Waals surface area contributed by atoms with Gasteiger partial charge in [-0.15, -0.1) is 0 Å². The van der Waals surface area contributed by atoms with Gasteiger partial charge in [-0.2, -0.15) is 0 Å². The standard InChI is InChI=1S/C13H13BrN2O4S/c1-19-11-5-3-9(14)7-12(11)21(17,18)16-10-4-6-13(20-2)15-8-10/h3-8,16H,1-2H3. The number of methoxy groups -OCH3 is 2. The van der Waals surface area contributed by atoms with Crippen molar-refractivity contribution >= 4 is 31.6 Å². The molecule has 1 aromatic carbocycles. The molecule has 1 heterocycles. The number of anilines is 1. The van der Waals surface area contributed by atoms with Crippen LogP contribution in [0.25, 0.3) is 0 Å². The molecule has 0 aliphatic carbocycles. The second kappa shape index (κ2) is 6.31. The fourth-order valence-electron chi connectivity index (χ4n) is 1.63. The summed E-state index contributed by atoms with van der Waals surface area (Å²) in [7, 11) is -0.885. The van der Waals surface area contributed by atoms with Crippen LogP contribution in [0, 0.1) is 0 Å². The van der Waals surface area contributed by atoms with Crippen molar-refractivity contribution in [1.29, 1.82) is 0 Å². The first-order valence-corrected chi connectivity index (χ1v) is 8.10. The highest BCUT2D eigenvalue weighted by atomic mass is 79.9. The van der Waals surface area contributed by atoms with Gasteiger partial charge in [0.15, 0.2) is 0 Å². The first-order valence-electron chi connectivity index (χ1n) is 5.82. The Morgan fingerprint density at radius 3 is 2.48 bits per heavy atom. The topological polar surface area (TPSA) is 77.5 Å². The Balaban J connectivity index is 2.35. The molecule has 1 aromatic heterocycles. The Hall–Kier alpha value is -1.80. The maximum atomic E-state index is 12.4. The van der Waals surface area contributed by atoms with Gasteiger partial charge in [0.05, 0.1) is 26.1 Å². The number of rotatable bonds is 5. The van der Waals surface area contributed by atoms with E-state index in [0.717, 1.165) is 0 Å². The van der Waals surface area contributed by atoms with Gasteiger partial charge >= 0.3 is 0 Å². The van der Waals surface area contributed by atoms with E-state index in [9.17, 15) is 8.42 Å². The predicted molar refractivity (Wildman–Crippen MR) is 82.3 cm³/mol.